The van der Waals surface area contributed by atoms with Crippen molar-refractivity contribution in [2.45, 2.75) is 50.8 Å². The van der Waals surface area contributed by atoms with Gasteiger partial charge in [-0.1, -0.05) is 13.8 Å². The summed E-state index contributed by atoms with van der Waals surface area (Å²) in [5.41, 5.74) is -0.235. The van der Waals surface area contributed by atoms with Crippen molar-refractivity contribution in [1.82, 2.24) is 0 Å². The van der Waals surface area contributed by atoms with Crippen molar-refractivity contribution in [3.8, 4) is 0 Å². The number of hydrogen-bond donors (Lipinski definition) is 1. The molecule has 3 nitrogen and oxygen atoms in total. The first-order valence-electron chi connectivity index (χ1n) is 5.07. The van der Waals surface area contributed by atoms with Gasteiger partial charge in [-0.3, -0.25) is 0 Å². The van der Waals surface area contributed by atoms with E-state index in [1.54, 1.807) is 0 Å². The minimum absolute atomic E-state index is 0.126. The molecule has 3 fully saturated rings. The predicted molar refractivity (Wildman–Crippen MR) is 46.3 cm³/mol. The van der Waals surface area contributed by atoms with Gasteiger partial charge in [0.2, 0.25) is 0 Å². The lowest BCUT2D eigenvalue weighted by Gasteiger charge is -2.44. The van der Waals surface area contributed by atoms with Gasteiger partial charge in [-0.15, -0.1) is 0 Å². The van der Waals surface area contributed by atoms with Crippen LogP contribution in [0.5, 0.6) is 0 Å². The maximum atomic E-state index is 10.00. The maximum Gasteiger partial charge on any atom is 0.116 e. The minimum atomic E-state index is -0.236. The summed E-state index contributed by atoms with van der Waals surface area (Å²) in [6.45, 7) is 6.17. The molecular formula is C10H16O3. The first kappa shape index (κ1) is 8.21. The number of rotatable bonds is 0. The van der Waals surface area contributed by atoms with Gasteiger partial charge in [0.25, 0.3) is 0 Å². The third-order valence-corrected chi connectivity index (χ3v) is 4.28. The Hall–Kier alpha value is -0.120. The second-order valence-electron chi connectivity index (χ2n) is 4.93. The molecule has 0 aromatic rings. The van der Waals surface area contributed by atoms with Crippen LogP contribution in [0.3, 0.4) is 0 Å². The maximum absolute atomic E-state index is 10.00. The molecule has 13 heavy (non-hydrogen) atoms. The Morgan fingerprint density at radius 1 is 1.23 bits per heavy atom. The number of hydrogen-bond acceptors (Lipinski definition) is 3. The minimum Gasteiger partial charge on any atom is -0.392 e. The number of fused-ring (bicyclic) bond motifs is 5. The van der Waals surface area contributed by atoms with E-state index in [0.29, 0.717) is 0 Å². The highest BCUT2D eigenvalue weighted by Gasteiger charge is 2.71. The number of aliphatic hydroxyl groups excluding tert-OH is 1. The summed E-state index contributed by atoms with van der Waals surface area (Å²) in [5, 5.41) is 10.00. The third kappa shape index (κ3) is 0.767. The van der Waals surface area contributed by atoms with Crippen LogP contribution in [0.25, 0.3) is 0 Å². The van der Waals surface area contributed by atoms with Gasteiger partial charge in [-0.25, -0.2) is 0 Å². The molecule has 0 saturated carbocycles. The van der Waals surface area contributed by atoms with E-state index in [1.807, 2.05) is 0 Å². The second kappa shape index (κ2) is 2.10. The lowest BCUT2D eigenvalue weighted by molar-refractivity contribution is -0.213. The summed E-state index contributed by atoms with van der Waals surface area (Å²) in [7, 11) is 0. The van der Waals surface area contributed by atoms with Crippen LogP contribution in [0.2, 0.25) is 0 Å². The van der Waals surface area contributed by atoms with Crippen molar-refractivity contribution in [3.63, 3.8) is 0 Å². The second-order valence-corrected chi connectivity index (χ2v) is 4.93. The molecule has 1 N–H and O–H groups in total. The molecule has 0 unspecified atom stereocenters. The Morgan fingerprint density at radius 2 is 1.92 bits per heavy atom. The Bertz CT molecular complexity index is 253. The van der Waals surface area contributed by atoms with Gasteiger partial charge in [0.1, 0.15) is 12.2 Å². The Labute approximate surface area is 78.0 Å². The number of aliphatic hydroxyl groups is 1. The Balaban J connectivity index is 2.00. The summed E-state index contributed by atoms with van der Waals surface area (Å²) in [6.07, 6.45) is 0.396. The lowest BCUT2D eigenvalue weighted by atomic mass is 9.79. The van der Waals surface area contributed by atoms with Crippen LogP contribution < -0.4 is 0 Å². The average Bonchev–Trinajstić information content (AvgIpc) is 2.84. The van der Waals surface area contributed by atoms with Crippen molar-refractivity contribution < 1.29 is 14.6 Å². The standard InChI is InChI=1S/C10H16O3/c1-4-6(11)5(2)10(3)9-8(12-9)7(4)13-10/h4-9,11H,1-3H3/t4-,5+,6+,7+,8+,9+,10-/m0/s1. The molecule has 0 aromatic carbocycles. The topological polar surface area (TPSA) is 42.0 Å². The van der Waals surface area contributed by atoms with E-state index >= 15 is 0 Å². The molecule has 0 amide bonds. The summed E-state index contributed by atoms with van der Waals surface area (Å²) in [5.74, 6) is 0.386. The smallest absolute Gasteiger partial charge is 0.116 e. The van der Waals surface area contributed by atoms with Crippen molar-refractivity contribution in [2.24, 2.45) is 11.8 Å². The first-order valence-corrected chi connectivity index (χ1v) is 5.07. The van der Waals surface area contributed by atoms with E-state index in [1.165, 1.54) is 0 Å². The van der Waals surface area contributed by atoms with Gasteiger partial charge >= 0.3 is 0 Å². The summed E-state index contributed by atoms with van der Waals surface area (Å²) in [4.78, 5) is 0. The fraction of sp³-hybridized carbons (Fsp3) is 1.00. The van der Waals surface area contributed by atoms with Crippen LogP contribution in [0, 0.1) is 11.8 Å². The molecule has 3 heteroatoms. The monoisotopic (exact) mass is 184 g/mol. The Kier molecular flexibility index (Phi) is 1.33. The fourth-order valence-electron chi connectivity index (χ4n) is 3.02. The molecule has 3 saturated heterocycles. The van der Waals surface area contributed by atoms with Gasteiger partial charge in [-0.2, -0.15) is 0 Å². The van der Waals surface area contributed by atoms with E-state index < -0.39 is 0 Å². The Morgan fingerprint density at radius 3 is 2.62 bits per heavy atom. The SMILES string of the molecule is C[C@H]1[C@@H](O)[C@@H](C)[C@]2(C)O[C@H]1[C@H]1O[C@H]12. The van der Waals surface area contributed by atoms with E-state index in [2.05, 4.69) is 20.8 Å². The molecule has 0 radical (unpaired) electrons. The normalized spacial score (nSPS) is 69.2. The van der Waals surface area contributed by atoms with E-state index in [0.717, 1.165) is 0 Å². The van der Waals surface area contributed by atoms with Gasteiger partial charge in [0.15, 0.2) is 0 Å². The van der Waals surface area contributed by atoms with Crippen LogP contribution in [-0.4, -0.2) is 35.1 Å². The molecule has 0 spiro atoms. The van der Waals surface area contributed by atoms with Crippen LogP contribution in [0.1, 0.15) is 20.8 Å². The largest absolute Gasteiger partial charge is 0.392 e. The van der Waals surface area contributed by atoms with Gasteiger partial charge in [0.05, 0.1) is 17.8 Å². The van der Waals surface area contributed by atoms with Crippen molar-refractivity contribution in [1.29, 1.82) is 0 Å². The highest BCUT2D eigenvalue weighted by Crippen LogP contribution is 2.56. The van der Waals surface area contributed by atoms with Gasteiger partial charge in [0, 0.05) is 11.8 Å². The van der Waals surface area contributed by atoms with Gasteiger partial charge in [-0.05, 0) is 6.92 Å². The zero-order chi connectivity index (χ0) is 9.38. The molecule has 2 bridgehead atoms. The summed E-state index contributed by atoms with van der Waals surface area (Å²) < 4.78 is 11.5. The zero-order valence-electron chi connectivity index (χ0n) is 8.23. The molecule has 3 aliphatic rings. The molecule has 74 valence electrons. The number of epoxide rings is 1. The van der Waals surface area contributed by atoms with Crippen molar-refractivity contribution in [2.75, 3.05) is 0 Å². The van der Waals surface area contributed by atoms with E-state index in [-0.39, 0.29) is 41.9 Å². The molecule has 0 aromatic heterocycles. The quantitative estimate of drug-likeness (QED) is 0.559. The van der Waals surface area contributed by atoms with Crippen LogP contribution in [-0.2, 0) is 9.47 Å². The summed E-state index contributed by atoms with van der Waals surface area (Å²) >= 11 is 0. The molecule has 3 rings (SSSR count). The summed E-state index contributed by atoms with van der Waals surface area (Å²) in [6, 6.07) is 0. The lowest BCUT2D eigenvalue weighted by Crippen LogP contribution is -2.54. The van der Waals surface area contributed by atoms with Crippen molar-refractivity contribution in [3.05, 3.63) is 0 Å². The highest BCUT2D eigenvalue weighted by atomic mass is 16.7. The first-order chi connectivity index (χ1) is 6.05. The molecule has 3 heterocycles. The average molecular weight is 184 g/mol. The fourth-order valence-corrected chi connectivity index (χ4v) is 3.02. The molecule has 0 aliphatic carbocycles. The molecular weight excluding hydrogens is 168 g/mol. The van der Waals surface area contributed by atoms with Crippen molar-refractivity contribution >= 4 is 0 Å². The zero-order valence-corrected chi connectivity index (χ0v) is 8.23. The highest BCUT2D eigenvalue weighted by molar-refractivity contribution is 5.18. The van der Waals surface area contributed by atoms with Crippen LogP contribution in [0.15, 0.2) is 0 Å². The van der Waals surface area contributed by atoms with Gasteiger partial charge < -0.3 is 14.6 Å². The molecule has 3 aliphatic heterocycles. The third-order valence-electron chi connectivity index (χ3n) is 4.28. The van der Waals surface area contributed by atoms with E-state index in [9.17, 15) is 5.11 Å². The molecule has 7 atom stereocenters. The van der Waals surface area contributed by atoms with Crippen LogP contribution in [0.4, 0.5) is 0 Å². The van der Waals surface area contributed by atoms with E-state index in [4.69, 9.17) is 9.47 Å². The number of ether oxygens (including phenoxy) is 2. The van der Waals surface area contributed by atoms with Crippen LogP contribution >= 0.6 is 0 Å². The predicted octanol–water partition coefficient (Wildman–Crippen LogP) is 0.558.